The molecule has 0 spiro atoms. The van der Waals surface area contributed by atoms with Gasteiger partial charge < -0.3 is 9.47 Å². The van der Waals surface area contributed by atoms with Crippen molar-refractivity contribution in [2.24, 2.45) is 0 Å². The van der Waals surface area contributed by atoms with Crippen molar-refractivity contribution in [2.75, 3.05) is 12.0 Å². The molecule has 4 nitrogen and oxygen atoms in total. The number of hydrogen-bond donors (Lipinski definition) is 0. The van der Waals surface area contributed by atoms with Gasteiger partial charge in [-0.25, -0.2) is 0 Å². The average molecular weight is 267 g/mol. The lowest BCUT2D eigenvalue weighted by atomic mass is 9.92. The van der Waals surface area contributed by atoms with Crippen molar-refractivity contribution >= 4 is 11.6 Å². The molecule has 0 saturated carbocycles. The molecule has 2 atom stereocenters. The second-order valence-corrected chi connectivity index (χ2v) is 4.93. The van der Waals surface area contributed by atoms with Gasteiger partial charge in [0, 0.05) is 11.3 Å². The summed E-state index contributed by atoms with van der Waals surface area (Å²) in [5.41, 5.74) is 1.95. The van der Waals surface area contributed by atoms with Gasteiger partial charge in [-0.05, 0) is 30.3 Å². The summed E-state index contributed by atoms with van der Waals surface area (Å²) in [6.45, 7) is 0. The van der Waals surface area contributed by atoms with Crippen molar-refractivity contribution in [3.63, 3.8) is 0 Å². The standard InChI is InChI=1S/C16H13NO3/c1-19-11-8-6-10(7-9-11)17-14-12-4-2-3-5-13(12)20-15(14)16(17)18/h2-9,14-15H,1H3/t14-,15+/m1/s1. The number of anilines is 1. The maximum Gasteiger partial charge on any atom is 0.271 e. The zero-order valence-electron chi connectivity index (χ0n) is 10.9. The second-order valence-electron chi connectivity index (χ2n) is 4.93. The van der Waals surface area contributed by atoms with E-state index in [1.807, 2.05) is 48.5 Å². The van der Waals surface area contributed by atoms with Crippen molar-refractivity contribution in [1.82, 2.24) is 0 Å². The summed E-state index contributed by atoms with van der Waals surface area (Å²) in [7, 11) is 1.63. The minimum Gasteiger partial charge on any atom is -0.497 e. The maximum absolute atomic E-state index is 12.2. The summed E-state index contributed by atoms with van der Waals surface area (Å²) in [6.07, 6.45) is -0.366. The van der Waals surface area contributed by atoms with Crippen LogP contribution in [0.4, 0.5) is 5.69 Å². The quantitative estimate of drug-likeness (QED) is 0.785. The molecular formula is C16H13NO3. The smallest absolute Gasteiger partial charge is 0.271 e. The van der Waals surface area contributed by atoms with Gasteiger partial charge >= 0.3 is 0 Å². The molecule has 4 rings (SSSR count). The Labute approximate surface area is 116 Å². The highest BCUT2D eigenvalue weighted by atomic mass is 16.5. The summed E-state index contributed by atoms with van der Waals surface area (Å²) >= 11 is 0. The van der Waals surface area contributed by atoms with E-state index in [0.29, 0.717) is 0 Å². The lowest BCUT2D eigenvalue weighted by Gasteiger charge is -2.41. The number of β-lactam (4-membered cyclic amide) rings is 1. The number of carbonyl (C=O) groups excluding carboxylic acids is 1. The molecule has 2 aliphatic rings. The monoisotopic (exact) mass is 267 g/mol. The van der Waals surface area contributed by atoms with Gasteiger partial charge in [-0.3, -0.25) is 9.69 Å². The molecule has 1 saturated heterocycles. The molecule has 20 heavy (non-hydrogen) atoms. The Morgan fingerprint density at radius 2 is 1.85 bits per heavy atom. The van der Waals surface area contributed by atoms with Crippen LogP contribution in [0.5, 0.6) is 11.5 Å². The SMILES string of the molecule is COc1ccc(N2C(=O)[C@H]3Oc4ccccc4[C@H]32)cc1. The summed E-state index contributed by atoms with van der Waals surface area (Å²) in [6, 6.07) is 15.3. The van der Waals surface area contributed by atoms with Gasteiger partial charge in [-0.2, -0.15) is 0 Å². The van der Waals surface area contributed by atoms with Gasteiger partial charge in [0.2, 0.25) is 6.10 Å². The third-order valence-corrected chi connectivity index (χ3v) is 3.89. The predicted molar refractivity (Wildman–Crippen MR) is 74.1 cm³/mol. The fourth-order valence-corrected chi connectivity index (χ4v) is 2.88. The van der Waals surface area contributed by atoms with E-state index < -0.39 is 0 Å². The van der Waals surface area contributed by atoms with Crippen LogP contribution in [0.2, 0.25) is 0 Å². The van der Waals surface area contributed by atoms with E-state index in [4.69, 9.17) is 9.47 Å². The molecule has 2 heterocycles. The Hall–Kier alpha value is -2.49. The fourth-order valence-electron chi connectivity index (χ4n) is 2.88. The zero-order chi connectivity index (χ0) is 13.7. The van der Waals surface area contributed by atoms with E-state index in [2.05, 4.69) is 0 Å². The minimum atomic E-state index is -0.366. The molecule has 0 radical (unpaired) electrons. The van der Waals surface area contributed by atoms with E-state index in [0.717, 1.165) is 22.7 Å². The number of benzene rings is 2. The van der Waals surface area contributed by atoms with Crippen molar-refractivity contribution in [3.05, 3.63) is 54.1 Å². The lowest BCUT2D eigenvalue weighted by molar-refractivity contribution is -0.133. The third kappa shape index (κ3) is 1.39. The molecule has 1 amide bonds. The summed E-state index contributed by atoms with van der Waals surface area (Å²) in [5.74, 6) is 1.60. The molecular weight excluding hydrogens is 254 g/mol. The molecule has 0 N–H and O–H groups in total. The fraction of sp³-hybridized carbons (Fsp3) is 0.188. The number of ether oxygens (including phenoxy) is 2. The van der Waals surface area contributed by atoms with E-state index in [-0.39, 0.29) is 18.1 Å². The number of rotatable bonds is 2. The van der Waals surface area contributed by atoms with E-state index in [9.17, 15) is 4.79 Å². The number of para-hydroxylation sites is 1. The van der Waals surface area contributed by atoms with Gasteiger partial charge in [0.25, 0.3) is 5.91 Å². The molecule has 0 aliphatic carbocycles. The van der Waals surface area contributed by atoms with Crippen LogP contribution >= 0.6 is 0 Å². The van der Waals surface area contributed by atoms with Gasteiger partial charge in [0.1, 0.15) is 17.5 Å². The van der Waals surface area contributed by atoms with Gasteiger partial charge in [0.15, 0.2) is 0 Å². The average Bonchev–Trinajstić information content (AvgIpc) is 2.83. The Balaban J connectivity index is 1.71. The Morgan fingerprint density at radius 3 is 2.60 bits per heavy atom. The summed E-state index contributed by atoms with van der Waals surface area (Å²) in [5, 5.41) is 0. The van der Waals surface area contributed by atoms with Crippen LogP contribution < -0.4 is 14.4 Å². The van der Waals surface area contributed by atoms with E-state index >= 15 is 0 Å². The Kier molecular flexibility index (Phi) is 2.27. The summed E-state index contributed by atoms with van der Waals surface area (Å²) in [4.78, 5) is 14.0. The molecule has 100 valence electrons. The zero-order valence-corrected chi connectivity index (χ0v) is 10.9. The first-order chi connectivity index (χ1) is 9.79. The van der Waals surface area contributed by atoms with Crippen LogP contribution in [0, 0.1) is 0 Å². The number of amides is 1. The maximum atomic E-state index is 12.2. The number of fused-ring (bicyclic) bond motifs is 3. The highest BCUT2D eigenvalue weighted by Crippen LogP contribution is 2.49. The Morgan fingerprint density at radius 1 is 1.10 bits per heavy atom. The number of nitrogens with zero attached hydrogens (tertiary/aromatic N) is 1. The first-order valence-electron chi connectivity index (χ1n) is 6.52. The highest BCUT2D eigenvalue weighted by molar-refractivity contribution is 6.06. The topological polar surface area (TPSA) is 38.8 Å². The van der Waals surface area contributed by atoms with Crippen LogP contribution in [0.3, 0.4) is 0 Å². The van der Waals surface area contributed by atoms with Crippen LogP contribution in [0.1, 0.15) is 11.6 Å². The number of methoxy groups -OCH3 is 1. The molecule has 0 unspecified atom stereocenters. The molecule has 2 aromatic rings. The first-order valence-corrected chi connectivity index (χ1v) is 6.52. The van der Waals surface area contributed by atoms with Crippen LogP contribution in [0.25, 0.3) is 0 Å². The van der Waals surface area contributed by atoms with Gasteiger partial charge in [0.05, 0.1) is 7.11 Å². The molecule has 0 bridgehead atoms. The lowest BCUT2D eigenvalue weighted by Crippen LogP contribution is -2.59. The van der Waals surface area contributed by atoms with Crippen molar-refractivity contribution in [2.45, 2.75) is 12.1 Å². The number of carbonyl (C=O) groups is 1. The van der Waals surface area contributed by atoms with Gasteiger partial charge in [-0.1, -0.05) is 18.2 Å². The third-order valence-electron chi connectivity index (χ3n) is 3.89. The minimum absolute atomic E-state index is 0.00732. The van der Waals surface area contributed by atoms with E-state index in [1.54, 1.807) is 12.0 Å². The highest BCUT2D eigenvalue weighted by Gasteiger charge is 2.55. The van der Waals surface area contributed by atoms with E-state index in [1.165, 1.54) is 0 Å². The summed E-state index contributed by atoms with van der Waals surface area (Å²) < 4.78 is 10.8. The van der Waals surface area contributed by atoms with Crippen LogP contribution in [-0.4, -0.2) is 19.1 Å². The van der Waals surface area contributed by atoms with Gasteiger partial charge in [-0.15, -0.1) is 0 Å². The van der Waals surface area contributed by atoms with Crippen molar-refractivity contribution < 1.29 is 14.3 Å². The largest absolute Gasteiger partial charge is 0.497 e. The van der Waals surface area contributed by atoms with Crippen molar-refractivity contribution in [1.29, 1.82) is 0 Å². The molecule has 2 aliphatic heterocycles. The molecule has 4 heteroatoms. The Bertz CT molecular complexity index is 680. The molecule has 2 aromatic carbocycles. The number of hydrogen-bond acceptors (Lipinski definition) is 3. The van der Waals surface area contributed by atoms with Crippen molar-refractivity contribution in [3.8, 4) is 11.5 Å². The normalized spacial score (nSPS) is 22.6. The van der Waals surface area contributed by atoms with Crippen LogP contribution in [-0.2, 0) is 4.79 Å². The molecule has 0 aromatic heterocycles. The predicted octanol–water partition coefficient (Wildman–Crippen LogP) is 2.54. The second kappa shape index (κ2) is 4.00. The van der Waals surface area contributed by atoms with Crippen LogP contribution in [0.15, 0.2) is 48.5 Å². The molecule has 1 fully saturated rings. The first kappa shape index (κ1) is 11.3.